The Labute approximate surface area is 110 Å². The molecule has 1 amide bonds. The molecular formula is C15H26N2O. The molecule has 0 bridgehead atoms. The third-order valence-corrected chi connectivity index (χ3v) is 5.57. The van der Waals surface area contributed by atoms with Gasteiger partial charge in [-0.15, -0.1) is 0 Å². The molecule has 2 saturated carbocycles. The summed E-state index contributed by atoms with van der Waals surface area (Å²) in [5.74, 6) is 3.10. The molecule has 2 aliphatic carbocycles. The van der Waals surface area contributed by atoms with Crippen LogP contribution in [-0.2, 0) is 4.79 Å². The Morgan fingerprint density at radius 3 is 2.17 bits per heavy atom. The van der Waals surface area contributed by atoms with Crippen molar-refractivity contribution in [2.75, 3.05) is 19.6 Å². The van der Waals surface area contributed by atoms with Crippen LogP contribution in [0.5, 0.6) is 0 Å². The van der Waals surface area contributed by atoms with Gasteiger partial charge < -0.3 is 10.6 Å². The summed E-state index contributed by atoms with van der Waals surface area (Å²) in [6.07, 6.45) is 8.57. The number of hydrogen-bond donors (Lipinski definition) is 1. The Balaban J connectivity index is 1.53. The summed E-state index contributed by atoms with van der Waals surface area (Å²) in [6, 6.07) is 0. The lowest BCUT2D eigenvalue weighted by Crippen LogP contribution is -2.37. The average molecular weight is 250 g/mol. The highest BCUT2D eigenvalue weighted by atomic mass is 16.2. The Morgan fingerprint density at radius 1 is 1.00 bits per heavy atom. The van der Waals surface area contributed by atoms with Gasteiger partial charge >= 0.3 is 0 Å². The minimum atomic E-state index is 0.312. The van der Waals surface area contributed by atoms with Crippen LogP contribution in [0.25, 0.3) is 0 Å². The first-order valence-corrected chi connectivity index (χ1v) is 7.76. The van der Waals surface area contributed by atoms with E-state index in [2.05, 4.69) is 4.90 Å². The molecule has 2 unspecified atom stereocenters. The number of fused-ring (bicyclic) bond motifs is 1. The fourth-order valence-corrected chi connectivity index (χ4v) is 4.32. The first kappa shape index (κ1) is 12.5. The van der Waals surface area contributed by atoms with Crippen LogP contribution in [0.3, 0.4) is 0 Å². The predicted molar refractivity (Wildman–Crippen MR) is 71.9 cm³/mol. The SMILES string of the molecule is NCC1CCC(C(=O)N2CC3CCCC3C2)CC1. The van der Waals surface area contributed by atoms with Gasteiger partial charge in [0, 0.05) is 19.0 Å². The molecule has 0 aromatic carbocycles. The molecule has 3 aliphatic rings. The number of rotatable bonds is 2. The fraction of sp³-hybridized carbons (Fsp3) is 0.933. The Bertz CT molecular complexity index is 298. The van der Waals surface area contributed by atoms with Crippen molar-refractivity contribution >= 4 is 5.91 Å². The van der Waals surface area contributed by atoms with Crippen LogP contribution >= 0.6 is 0 Å². The van der Waals surface area contributed by atoms with Gasteiger partial charge in [-0.05, 0) is 62.8 Å². The van der Waals surface area contributed by atoms with Gasteiger partial charge in [0.05, 0.1) is 0 Å². The van der Waals surface area contributed by atoms with E-state index in [-0.39, 0.29) is 0 Å². The third-order valence-electron chi connectivity index (χ3n) is 5.57. The van der Waals surface area contributed by atoms with E-state index in [0.717, 1.165) is 57.2 Å². The Kier molecular flexibility index (Phi) is 3.60. The number of carbonyl (C=O) groups is 1. The second-order valence-corrected chi connectivity index (χ2v) is 6.65. The van der Waals surface area contributed by atoms with Crippen LogP contribution < -0.4 is 5.73 Å². The number of nitrogens with two attached hydrogens (primary N) is 1. The molecule has 3 fully saturated rings. The second-order valence-electron chi connectivity index (χ2n) is 6.65. The van der Waals surface area contributed by atoms with E-state index in [1.807, 2.05) is 0 Å². The first-order chi connectivity index (χ1) is 8.78. The molecule has 3 nitrogen and oxygen atoms in total. The fourth-order valence-electron chi connectivity index (χ4n) is 4.32. The van der Waals surface area contributed by atoms with Crippen LogP contribution in [0.15, 0.2) is 0 Å². The van der Waals surface area contributed by atoms with Crippen LogP contribution in [0.4, 0.5) is 0 Å². The standard InChI is InChI=1S/C15H26N2O/c16-8-11-4-6-12(7-5-11)15(18)17-9-13-2-1-3-14(13)10-17/h11-14H,1-10,16H2. The Hall–Kier alpha value is -0.570. The lowest BCUT2D eigenvalue weighted by Gasteiger charge is -2.30. The zero-order valence-electron chi connectivity index (χ0n) is 11.3. The summed E-state index contributed by atoms with van der Waals surface area (Å²) in [6.45, 7) is 2.91. The number of hydrogen-bond acceptors (Lipinski definition) is 2. The number of nitrogens with zero attached hydrogens (tertiary/aromatic N) is 1. The zero-order valence-corrected chi connectivity index (χ0v) is 11.3. The highest BCUT2D eigenvalue weighted by molar-refractivity contribution is 5.79. The Morgan fingerprint density at radius 2 is 1.61 bits per heavy atom. The van der Waals surface area contributed by atoms with Gasteiger partial charge in [-0.25, -0.2) is 0 Å². The monoisotopic (exact) mass is 250 g/mol. The molecule has 1 saturated heterocycles. The molecule has 3 rings (SSSR count). The van der Waals surface area contributed by atoms with Crippen molar-refractivity contribution < 1.29 is 4.79 Å². The van der Waals surface area contributed by atoms with E-state index in [4.69, 9.17) is 5.73 Å². The van der Waals surface area contributed by atoms with Crippen molar-refractivity contribution in [2.24, 2.45) is 29.4 Å². The maximum absolute atomic E-state index is 12.5. The number of carbonyl (C=O) groups excluding carboxylic acids is 1. The van der Waals surface area contributed by atoms with Crippen LogP contribution in [0, 0.1) is 23.7 Å². The lowest BCUT2D eigenvalue weighted by molar-refractivity contribution is -0.136. The van der Waals surface area contributed by atoms with E-state index in [1.165, 1.54) is 19.3 Å². The molecule has 0 aromatic heterocycles. The van der Waals surface area contributed by atoms with Crippen LogP contribution in [0.2, 0.25) is 0 Å². The highest BCUT2D eigenvalue weighted by Crippen LogP contribution is 2.39. The van der Waals surface area contributed by atoms with Gasteiger partial charge in [0.15, 0.2) is 0 Å². The molecule has 18 heavy (non-hydrogen) atoms. The smallest absolute Gasteiger partial charge is 0.225 e. The topological polar surface area (TPSA) is 46.3 Å². The predicted octanol–water partition coefficient (Wildman–Crippen LogP) is 2.01. The average Bonchev–Trinajstić information content (AvgIpc) is 2.99. The van der Waals surface area contributed by atoms with Crippen molar-refractivity contribution in [3.05, 3.63) is 0 Å². The summed E-state index contributed by atoms with van der Waals surface area (Å²) in [5, 5.41) is 0. The minimum absolute atomic E-state index is 0.312. The molecule has 0 radical (unpaired) electrons. The van der Waals surface area contributed by atoms with E-state index in [1.54, 1.807) is 0 Å². The van der Waals surface area contributed by atoms with E-state index < -0.39 is 0 Å². The minimum Gasteiger partial charge on any atom is -0.342 e. The van der Waals surface area contributed by atoms with Gasteiger partial charge in [0.25, 0.3) is 0 Å². The zero-order chi connectivity index (χ0) is 12.5. The van der Waals surface area contributed by atoms with Crippen LogP contribution in [0.1, 0.15) is 44.9 Å². The van der Waals surface area contributed by atoms with E-state index in [9.17, 15) is 4.79 Å². The van der Waals surface area contributed by atoms with Gasteiger partial charge in [-0.1, -0.05) is 6.42 Å². The largest absolute Gasteiger partial charge is 0.342 e. The summed E-state index contributed by atoms with van der Waals surface area (Å²) >= 11 is 0. The van der Waals surface area contributed by atoms with Gasteiger partial charge in [-0.2, -0.15) is 0 Å². The van der Waals surface area contributed by atoms with Crippen molar-refractivity contribution in [2.45, 2.75) is 44.9 Å². The summed E-state index contributed by atoms with van der Waals surface area (Å²) in [7, 11) is 0. The van der Waals surface area contributed by atoms with E-state index >= 15 is 0 Å². The molecule has 1 heterocycles. The third kappa shape index (κ3) is 2.29. The second kappa shape index (κ2) is 5.20. The van der Waals surface area contributed by atoms with E-state index in [0.29, 0.717) is 17.7 Å². The molecular weight excluding hydrogens is 224 g/mol. The molecule has 0 aromatic rings. The van der Waals surface area contributed by atoms with Crippen molar-refractivity contribution in [1.82, 2.24) is 4.90 Å². The molecule has 3 heteroatoms. The molecule has 2 N–H and O–H groups in total. The molecule has 0 spiro atoms. The van der Waals surface area contributed by atoms with Crippen molar-refractivity contribution in [3.8, 4) is 0 Å². The molecule has 102 valence electrons. The summed E-state index contributed by atoms with van der Waals surface area (Å²) < 4.78 is 0. The van der Waals surface area contributed by atoms with Gasteiger partial charge in [-0.3, -0.25) is 4.79 Å². The van der Waals surface area contributed by atoms with Gasteiger partial charge in [0.1, 0.15) is 0 Å². The highest BCUT2D eigenvalue weighted by Gasteiger charge is 2.40. The van der Waals surface area contributed by atoms with Crippen molar-refractivity contribution in [1.29, 1.82) is 0 Å². The number of likely N-dealkylation sites (tertiary alicyclic amines) is 1. The van der Waals surface area contributed by atoms with Gasteiger partial charge in [0.2, 0.25) is 5.91 Å². The van der Waals surface area contributed by atoms with Crippen LogP contribution in [-0.4, -0.2) is 30.4 Å². The van der Waals surface area contributed by atoms with Crippen molar-refractivity contribution in [3.63, 3.8) is 0 Å². The molecule has 2 atom stereocenters. The lowest BCUT2D eigenvalue weighted by atomic mass is 9.81. The maximum Gasteiger partial charge on any atom is 0.225 e. The first-order valence-electron chi connectivity index (χ1n) is 7.76. The number of amides is 1. The maximum atomic E-state index is 12.5. The summed E-state index contributed by atoms with van der Waals surface area (Å²) in [5.41, 5.74) is 5.71. The quantitative estimate of drug-likeness (QED) is 0.815. The molecule has 1 aliphatic heterocycles. The summed E-state index contributed by atoms with van der Waals surface area (Å²) in [4.78, 5) is 14.7. The normalized spacial score (nSPS) is 39.9.